The van der Waals surface area contributed by atoms with Gasteiger partial charge in [0.2, 0.25) is 0 Å². The molecule has 0 spiro atoms. The van der Waals surface area contributed by atoms with Gasteiger partial charge in [0.05, 0.1) is 0 Å². The summed E-state index contributed by atoms with van der Waals surface area (Å²) in [7, 11) is 0. The Morgan fingerprint density at radius 1 is 1.17 bits per heavy atom. The third kappa shape index (κ3) is 3.10. The molecule has 0 fully saturated rings. The molecule has 2 aromatic heterocycles. The van der Waals surface area contributed by atoms with Crippen LogP contribution in [0.5, 0.6) is 0 Å². The standard InChI is InChI=1S/C11H11Cl2N3.C2H6/c1-2-9(14)7-4-16-11(13)8-5-15-10(12)3-6(7)8;1-2/h3-5,9H,2,14H2,1H3;1-2H3. The van der Waals surface area contributed by atoms with E-state index in [0.717, 1.165) is 22.8 Å². The van der Waals surface area contributed by atoms with Crippen molar-refractivity contribution in [2.75, 3.05) is 0 Å². The molecule has 2 aromatic rings. The molecule has 1 unspecified atom stereocenters. The quantitative estimate of drug-likeness (QED) is 0.834. The molecule has 0 aliphatic carbocycles. The maximum Gasteiger partial charge on any atom is 0.138 e. The van der Waals surface area contributed by atoms with Crippen molar-refractivity contribution < 1.29 is 0 Å². The van der Waals surface area contributed by atoms with Crippen molar-refractivity contribution in [1.29, 1.82) is 0 Å². The molecule has 2 rings (SSSR count). The monoisotopic (exact) mass is 285 g/mol. The smallest absolute Gasteiger partial charge is 0.138 e. The highest BCUT2D eigenvalue weighted by atomic mass is 35.5. The molecule has 3 nitrogen and oxygen atoms in total. The average molecular weight is 286 g/mol. The lowest BCUT2D eigenvalue weighted by atomic mass is 10.0. The summed E-state index contributed by atoms with van der Waals surface area (Å²) < 4.78 is 0. The topological polar surface area (TPSA) is 51.8 Å². The van der Waals surface area contributed by atoms with E-state index >= 15 is 0 Å². The number of halogens is 2. The largest absolute Gasteiger partial charge is 0.324 e. The van der Waals surface area contributed by atoms with E-state index in [1.54, 1.807) is 18.5 Å². The average Bonchev–Trinajstić information content (AvgIpc) is 2.40. The number of hydrogen-bond acceptors (Lipinski definition) is 3. The van der Waals surface area contributed by atoms with E-state index in [0.29, 0.717) is 10.3 Å². The number of pyridine rings is 2. The van der Waals surface area contributed by atoms with Gasteiger partial charge in [-0.15, -0.1) is 0 Å². The first-order chi connectivity index (χ1) is 8.63. The second-order valence-corrected chi connectivity index (χ2v) is 4.32. The number of hydrogen-bond donors (Lipinski definition) is 1. The zero-order chi connectivity index (χ0) is 13.7. The Morgan fingerprint density at radius 3 is 2.44 bits per heavy atom. The summed E-state index contributed by atoms with van der Waals surface area (Å²) in [5.41, 5.74) is 6.96. The number of nitrogens with two attached hydrogens (primary N) is 1. The molecular formula is C13H17Cl2N3. The molecule has 0 bridgehead atoms. The first kappa shape index (κ1) is 15.2. The van der Waals surface area contributed by atoms with Crippen LogP contribution >= 0.6 is 23.2 Å². The fourth-order valence-electron chi connectivity index (χ4n) is 1.61. The third-order valence-electron chi connectivity index (χ3n) is 2.56. The molecule has 0 saturated heterocycles. The second-order valence-electron chi connectivity index (χ2n) is 3.57. The molecule has 18 heavy (non-hydrogen) atoms. The van der Waals surface area contributed by atoms with E-state index in [4.69, 9.17) is 28.9 Å². The molecule has 2 heterocycles. The maximum absolute atomic E-state index is 6.01. The van der Waals surface area contributed by atoms with Crippen molar-refractivity contribution >= 4 is 34.0 Å². The van der Waals surface area contributed by atoms with Crippen molar-refractivity contribution in [1.82, 2.24) is 9.97 Å². The molecule has 1 atom stereocenters. The predicted molar refractivity (Wildman–Crippen MR) is 78.1 cm³/mol. The normalized spacial score (nSPS) is 11.9. The van der Waals surface area contributed by atoms with Crippen LogP contribution in [0.25, 0.3) is 10.8 Å². The Morgan fingerprint density at radius 2 is 1.83 bits per heavy atom. The fraction of sp³-hybridized carbons (Fsp3) is 0.385. The van der Waals surface area contributed by atoms with E-state index < -0.39 is 0 Å². The van der Waals surface area contributed by atoms with Crippen LogP contribution in [0.2, 0.25) is 10.3 Å². The van der Waals surface area contributed by atoms with Gasteiger partial charge in [-0.1, -0.05) is 44.0 Å². The number of rotatable bonds is 2. The van der Waals surface area contributed by atoms with Crippen molar-refractivity contribution in [3.05, 3.63) is 34.3 Å². The Kier molecular flexibility index (Phi) is 5.79. The van der Waals surface area contributed by atoms with Gasteiger partial charge in [-0.05, 0) is 23.4 Å². The highest BCUT2D eigenvalue weighted by molar-refractivity contribution is 6.35. The highest BCUT2D eigenvalue weighted by Crippen LogP contribution is 2.29. The van der Waals surface area contributed by atoms with Gasteiger partial charge < -0.3 is 5.73 Å². The van der Waals surface area contributed by atoms with Crippen molar-refractivity contribution in [3.63, 3.8) is 0 Å². The van der Waals surface area contributed by atoms with Gasteiger partial charge in [0.1, 0.15) is 10.3 Å². The fourth-order valence-corrected chi connectivity index (χ4v) is 1.97. The van der Waals surface area contributed by atoms with Crippen LogP contribution in [0.1, 0.15) is 38.8 Å². The Bertz CT molecular complexity index is 529. The van der Waals surface area contributed by atoms with E-state index in [9.17, 15) is 0 Å². The molecular weight excluding hydrogens is 269 g/mol. The van der Waals surface area contributed by atoms with Gasteiger partial charge in [-0.3, -0.25) is 0 Å². The SMILES string of the molecule is CC.CCC(N)c1cnc(Cl)c2cnc(Cl)cc12. The van der Waals surface area contributed by atoms with Crippen LogP contribution in [-0.2, 0) is 0 Å². The van der Waals surface area contributed by atoms with Crippen molar-refractivity contribution in [2.24, 2.45) is 5.73 Å². The lowest BCUT2D eigenvalue weighted by Crippen LogP contribution is -2.09. The zero-order valence-corrected chi connectivity index (χ0v) is 12.3. The second kappa shape index (κ2) is 6.88. The minimum absolute atomic E-state index is 0.0641. The molecule has 0 aliphatic heterocycles. The molecule has 0 amide bonds. The summed E-state index contributed by atoms with van der Waals surface area (Å²) in [6.45, 7) is 6.02. The van der Waals surface area contributed by atoms with Gasteiger partial charge in [0, 0.05) is 23.8 Å². The van der Waals surface area contributed by atoms with Crippen molar-refractivity contribution in [2.45, 2.75) is 33.2 Å². The number of fused-ring (bicyclic) bond motifs is 1. The van der Waals surface area contributed by atoms with Crippen LogP contribution in [0.15, 0.2) is 18.5 Å². The molecule has 2 N–H and O–H groups in total. The molecule has 0 aliphatic rings. The minimum atomic E-state index is -0.0641. The highest BCUT2D eigenvalue weighted by Gasteiger charge is 2.12. The Balaban J connectivity index is 0.000000771. The van der Waals surface area contributed by atoms with Crippen LogP contribution in [0.4, 0.5) is 0 Å². The van der Waals surface area contributed by atoms with Crippen molar-refractivity contribution in [3.8, 4) is 0 Å². The Labute approximate surface area is 117 Å². The molecule has 0 aromatic carbocycles. The summed E-state index contributed by atoms with van der Waals surface area (Å²) in [5, 5.41) is 2.56. The van der Waals surface area contributed by atoms with Gasteiger partial charge in [-0.25, -0.2) is 9.97 Å². The van der Waals surface area contributed by atoms with E-state index in [1.165, 1.54) is 0 Å². The van der Waals surface area contributed by atoms with Crippen LogP contribution < -0.4 is 5.73 Å². The summed E-state index contributed by atoms with van der Waals surface area (Å²) in [4.78, 5) is 8.10. The molecule has 5 heteroatoms. The summed E-state index contributed by atoms with van der Waals surface area (Å²) in [6.07, 6.45) is 4.16. The zero-order valence-electron chi connectivity index (χ0n) is 10.7. The predicted octanol–water partition coefficient (Wildman–Crippen LogP) is 4.37. The van der Waals surface area contributed by atoms with Gasteiger partial charge in [0.25, 0.3) is 0 Å². The van der Waals surface area contributed by atoms with Crippen LogP contribution in [0.3, 0.4) is 0 Å². The van der Waals surface area contributed by atoms with E-state index in [-0.39, 0.29) is 6.04 Å². The third-order valence-corrected chi connectivity index (χ3v) is 3.07. The van der Waals surface area contributed by atoms with Gasteiger partial charge in [0.15, 0.2) is 0 Å². The number of nitrogens with zero attached hydrogens (tertiary/aromatic N) is 2. The first-order valence-corrected chi connectivity index (χ1v) is 6.74. The minimum Gasteiger partial charge on any atom is -0.324 e. The van der Waals surface area contributed by atoms with Gasteiger partial charge >= 0.3 is 0 Å². The molecule has 0 radical (unpaired) electrons. The first-order valence-electron chi connectivity index (χ1n) is 5.98. The Hall–Kier alpha value is -0.900. The summed E-state index contributed by atoms with van der Waals surface area (Å²) >= 11 is 11.9. The van der Waals surface area contributed by atoms with Crippen LogP contribution in [0, 0.1) is 0 Å². The molecule has 0 saturated carbocycles. The summed E-state index contributed by atoms with van der Waals surface area (Å²) in [6, 6.07) is 1.71. The lowest BCUT2D eigenvalue weighted by molar-refractivity contribution is 0.701. The van der Waals surface area contributed by atoms with E-state index in [2.05, 4.69) is 9.97 Å². The lowest BCUT2D eigenvalue weighted by Gasteiger charge is -2.12. The van der Waals surface area contributed by atoms with E-state index in [1.807, 2.05) is 20.8 Å². The number of aromatic nitrogens is 2. The van der Waals surface area contributed by atoms with Crippen LogP contribution in [-0.4, -0.2) is 9.97 Å². The maximum atomic E-state index is 6.01. The summed E-state index contributed by atoms with van der Waals surface area (Å²) in [5.74, 6) is 0. The van der Waals surface area contributed by atoms with Gasteiger partial charge in [-0.2, -0.15) is 0 Å². The molecule has 98 valence electrons.